The molecule has 0 aliphatic heterocycles. The zero-order valence-electron chi connectivity index (χ0n) is 10.1. The van der Waals surface area contributed by atoms with Crippen LogP contribution in [0, 0.1) is 13.8 Å². The van der Waals surface area contributed by atoms with E-state index in [1.165, 1.54) is 5.56 Å². The van der Waals surface area contributed by atoms with E-state index in [1.54, 1.807) is 6.20 Å². The van der Waals surface area contributed by atoms with Gasteiger partial charge in [-0.2, -0.15) is 0 Å². The molecular formula is C14H16N2O. The molecule has 2 N–H and O–H groups in total. The Kier molecular flexibility index (Phi) is 3.40. The summed E-state index contributed by atoms with van der Waals surface area (Å²) >= 11 is 0. The Morgan fingerprint density at radius 2 is 2.00 bits per heavy atom. The summed E-state index contributed by atoms with van der Waals surface area (Å²) in [5.74, 6) is 1.42. The molecule has 1 heterocycles. The van der Waals surface area contributed by atoms with Crippen molar-refractivity contribution < 1.29 is 4.74 Å². The lowest BCUT2D eigenvalue weighted by molar-refractivity contribution is 0.458. The predicted molar refractivity (Wildman–Crippen MR) is 68.1 cm³/mol. The van der Waals surface area contributed by atoms with Crippen LogP contribution < -0.4 is 10.5 Å². The summed E-state index contributed by atoms with van der Waals surface area (Å²) in [6.45, 7) is 4.54. The van der Waals surface area contributed by atoms with Crippen LogP contribution >= 0.6 is 0 Å². The van der Waals surface area contributed by atoms with Gasteiger partial charge in [0.2, 0.25) is 5.88 Å². The number of pyridine rings is 1. The summed E-state index contributed by atoms with van der Waals surface area (Å²) in [5, 5.41) is 0. The number of hydrogen-bond acceptors (Lipinski definition) is 3. The molecule has 0 saturated heterocycles. The molecule has 2 aromatic rings. The van der Waals surface area contributed by atoms with Crippen LogP contribution in [0.2, 0.25) is 0 Å². The molecule has 0 radical (unpaired) electrons. The van der Waals surface area contributed by atoms with Crippen molar-refractivity contribution in [3.8, 4) is 11.6 Å². The van der Waals surface area contributed by atoms with E-state index in [2.05, 4.69) is 11.1 Å². The smallest absolute Gasteiger partial charge is 0.219 e. The van der Waals surface area contributed by atoms with E-state index in [9.17, 15) is 0 Å². The van der Waals surface area contributed by atoms with E-state index < -0.39 is 0 Å². The second kappa shape index (κ2) is 4.97. The van der Waals surface area contributed by atoms with Crippen molar-refractivity contribution in [1.29, 1.82) is 0 Å². The third kappa shape index (κ3) is 2.82. The van der Waals surface area contributed by atoms with Gasteiger partial charge in [0.05, 0.1) is 0 Å². The van der Waals surface area contributed by atoms with Gasteiger partial charge in [-0.25, -0.2) is 4.98 Å². The molecule has 0 unspecified atom stereocenters. The molecule has 3 heteroatoms. The first-order valence-corrected chi connectivity index (χ1v) is 5.59. The van der Waals surface area contributed by atoms with Crippen LogP contribution in [-0.4, -0.2) is 4.98 Å². The van der Waals surface area contributed by atoms with Gasteiger partial charge in [0.15, 0.2) is 0 Å². The highest BCUT2D eigenvalue weighted by Crippen LogP contribution is 2.24. The molecule has 0 spiro atoms. The molecule has 3 nitrogen and oxygen atoms in total. The van der Waals surface area contributed by atoms with E-state index in [0.29, 0.717) is 12.4 Å². The lowest BCUT2D eigenvalue weighted by Gasteiger charge is -2.09. The van der Waals surface area contributed by atoms with Crippen LogP contribution in [0.25, 0.3) is 0 Å². The molecule has 0 atom stereocenters. The molecule has 1 aromatic heterocycles. The fraction of sp³-hybridized carbons (Fsp3) is 0.214. The van der Waals surface area contributed by atoms with Crippen molar-refractivity contribution in [2.24, 2.45) is 5.73 Å². The lowest BCUT2D eigenvalue weighted by atomic mass is 10.1. The van der Waals surface area contributed by atoms with Crippen LogP contribution in [-0.2, 0) is 6.54 Å². The topological polar surface area (TPSA) is 48.1 Å². The summed E-state index contributed by atoms with van der Waals surface area (Å²) < 4.78 is 5.77. The zero-order valence-corrected chi connectivity index (χ0v) is 10.1. The maximum absolute atomic E-state index is 5.77. The summed E-state index contributed by atoms with van der Waals surface area (Å²) in [6.07, 6.45) is 1.71. The normalized spacial score (nSPS) is 10.3. The monoisotopic (exact) mass is 228 g/mol. The average molecular weight is 228 g/mol. The van der Waals surface area contributed by atoms with Crippen LogP contribution in [0.1, 0.15) is 16.7 Å². The van der Waals surface area contributed by atoms with Crippen molar-refractivity contribution in [3.63, 3.8) is 0 Å². The van der Waals surface area contributed by atoms with Gasteiger partial charge >= 0.3 is 0 Å². The first kappa shape index (κ1) is 11.6. The van der Waals surface area contributed by atoms with Gasteiger partial charge in [-0.15, -0.1) is 0 Å². The quantitative estimate of drug-likeness (QED) is 0.878. The van der Waals surface area contributed by atoms with E-state index in [0.717, 1.165) is 16.9 Å². The van der Waals surface area contributed by atoms with Crippen molar-refractivity contribution in [3.05, 3.63) is 53.2 Å². The zero-order chi connectivity index (χ0) is 12.3. The van der Waals surface area contributed by atoms with Crippen LogP contribution in [0.3, 0.4) is 0 Å². The Hall–Kier alpha value is -1.87. The number of aryl methyl sites for hydroxylation is 2. The Morgan fingerprint density at radius 1 is 1.18 bits per heavy atom. The maximum atomic E-state index is 5.77. The Balaban J connectivity index is 2.27. The minimum Gasteiger partial charge on any atom is -0.439 e. The Labute approximate surface area is 101 Å². The predicted octanol–water partition coefficient (Wildman–Crippen LogP) is 2.95. The molecule has 1 aromatic carbocycles. The summed E-state index contributed by atoms with van der Waals surface area (Å²) in [7, 11) is 0. The van der Waals surface area contributed by atoms with Gasteiger partial charge in [0, 0.05) is 18.8 Å². The van der Waals surface area contributed by atoms with E-state index in [-0.39, 0.29) is 0 Å². The number of nitrogens with two attached hydrogens (primary N) is 1. The fourth-order valence-corrected chi connectivity index (χ4v) is 1.56. The van der Waals surface area contributed by atoms with Gasteiger partial charge in [-0.3, -0.25) is 0 Å². The highest BCUT2D eigenvalue weighted by molar-refractivity contribution is 5.38. The van der Waals surface area contributed by atoms with Crippen LogP contribution in [0.4, 0.5) is 0 Å². The van der Waals surface area contributed by atoms with Crippen molar-refractivity contribution in [1.82, 2.24) is 4.98 Å². The summed E-state index contributed by atoms with van der Waals surface area (Å²) in [6, 6.07) is 9.85. The summed E-state index contributed by atoms with van der Waals surface area (Å²) in [5.41, 5.74) is 8.86. The van der Waals surface area contributed by atoms with Gasteiger partial charge in [-0.05, 0) is 42.7 Å². The molecule has 17 heavy (non-hydrogen) atoms. The first-order chi connectivity index (χ1) is 8.19. The molecule has 0 bridgehead atoms. The second-order valence-electron chi connectivity index (χ2n) is 4.08. The molecule has 0 fully saturated rings. The molecule has 88 valence electrons. The number of benzene rings is 1. The third-order valence-electron chi connectivity index (χ3n) is 2.59. The molecule has 0 amide bonds. The van der Waals surface area contributed by atoms with Crippen LogP contribution in [0.15, 0.2) is 36.5 Å². The highest BCUT2D eigenvalue weighted by atomic mass is 16.5. The standard InChI is InChI=1S/C14H16N2O/c1-10-3-4-11(2)13(7-10)17-14-8-12(9-15)5-6-16-14/h3-8H,9,15H2,1-2H3. The van der Waals surface area contributed by atoms with E-state index >= 15 is 0 Å². The number of ether oxygens (including phenoxy) is 1. The fourth-order valence-electron chi connectivity index (χ4n) is 1.56. The molecule has 0 aliphatic rings. The van der Waals surface area contributed by atoms with Crippen molar-refractivity contribution in [2.45, 2.75) is 20.4 Å². The molecule has 0 saturated carbocycles. The number of aromatic nitrogens is 1. The van der Waals surface area contributed by atoms with Gasteiger partial charge < -0.3 is 10.5 Å². The molecule has 0 aliphatic carbocycles. The van der Waals surface area contributed by atoms with E-state index in [4.69, 9.17) is 10.5 Å². The number of rotatable bonds is 3. The SMILES string of the molecule is Cc1ccc(C)c(Oc2cc(CN)ccn2)c1. The Morgan fingerprint density at radius 3 is 2.76 bits per heavy atom. The molecule has 2 rings (SSSR count). The largest absolute Gasteiger partial charge is 0.439 e. The van der Waals surface area contributed by atoms with Crippen LogP contribution in [0.5, 0.6) is 11.6 Å². The molecular weight excluding hydrogens is 212 g/mol. The lowest BCUT2D eigenvalue weighted by Crippen LogP contribution is -1.98. The second-order valence-corrected chi connectivity index (χ2v) is 4.08. The highest BCUT2D eigenvalue weighted by Gasteiger charge is 2.03. The third-order valence-corrected chi connectivity index (χ3v) is 2.59. The number of hydrogen-bond donors (Lipinski definition) is 1. The average Bonchev–Trinajstić information content (AvgIpc) is 2.34. The first-order valence-electron chi connectivity index (χ1n) is 5.59. The minimum absolute atomic E-state index is 0.492. The van der Waals surface area contributed by atoms with Gasteiger partial charge in [-0.1, -0.05) is 12.1 Å². The maximum Gasteiger partial charge on any atom is 0.219 e. The minimum atomic E-state index is 0.492. The summed E-state index contributed by atoms with van der Waals surface area (Å²) in [4.78, 5) is 4.18. The van der Waals surface area contributed by atoms with Crippen molar-refractivity contribution in [2.75, 3.05) is 0 Å². The number of nitrogens with zero attached hydrogens (tertiary/aromatic N) is 1. The van der Waals surface area contributed by atoms with Gasteiger partial charge in [0.1, 0.15) is 5.75 Å². The van der Waals surface area contributed by atoms with Crippen molar-refractivity contribution >= 4 is 0 Å². The Bertz CT molecular complexity index is 523. The van der Waals surface area contributed by atoms with Gasteiger partial charge in [0.25, 0.3) is 0 Å². The van der Waals surface area contributed by atoms with E-state index in [1.807, 2.05) is 38.1 Å².